The van der Waals surface area contributed by atoms with Gasteiger partial charge in [-0.2, -0.15) is 0 Å². The normalized spacial score (nSPS) is 13.4. The number of aromatic nitrogens is 1. The number of fused-ring (bicyclic) bond motifs is 1. The number of amides is 2. The van der Waals surface area contributed by atoms with Crippen LogP contribution in [0.1, 0.15) is 36.8 Å². The lowest BCUT2D eigenvalue weighted by atomic mass is 10.1. The Kier molecular flexibility index (Phi) is 3.43. The highest BCUT2D eigenvalue weighted by atomic mass is 16.7. The predicted octanol–water partition coefficient (Wildman–Crippen LogP) is 1.19. The third kappa shape index (κ3) is 2.15. The summed E-state index contributed by atoms with van der Waals surface area (Å²) in [4.78, 5) is 41.1. The molecule has 0 atom stereocenters. The summed E-state index contributed by atoms with van der Waals surface area (Å²) < 4.78 is 9.54. The molecule has 8 nitrogen and oxygen atoms in total. The summed E-state index contributed by atoms with van der Waals surface area (Å²) >= 11 is 0. The number of hydrogen-bond donors (Lipinski definition) is 0. The number of ether oxygens (including phenoxy) is 1. The van der Waals surface area contributed by atoms with E-state index < -0.39 is 17.8 Å². The Balaban J connectivity index is 1.82. The van der Waals surface area contributed by atoms with Crippen LogP contribution in [0, 0.1) is 0 Å². The van der Waals surface area contributed by atoms with Crippen LogP contribution in [0.2, 0.25) is 0 Å². The largest absolute Gasteiger partial charge is 0.378 e. The summed E-state index contributed by atoms with van der Waals surface area (Å²) in [6, 6.07) is 6.20. The summed E-state index contributed by atoms with van der Waals surface area (Å²) in [6.45, 7) is 0.0308. The van der Waals surface area contributed by atoms with E-state index in [1.165, 1.54) is 19.2 Å². The Morgan fingerprint density at radius 2 is 1.86 bits per heavy atom. The molecular weight excluding hydrogens is 292 g/mol. The highest BCUT2D eigenvalue weighted by Gasteiger charge is 2.39. The summed E-state index contributed by atoms with van der Waals surface area (Å²) in [5.41, 5.74) is 0.563. The Morgan fingerprint density at radius 1 is 1.23 bits per heavy atom. The van der Waals surface area contributed by atoms with Crippen molar-refractivity contribution < 1.29 is 28.5 Å². The fraction of sp³-hybridized carbons (Fsp3) is 0.143. The monoisotopic (exact) mass is 302 g/mol. The number of carbonyl (C=O) groups is 3. The van der Waals surface area contributed by atoms with Crippen molar-refractivity contribution in [1.29, 1.82) is 0 Å². The van der Waals surface area contributed by atoms with Gasteiger partial charge in [-0.25, -0.2) is 4.79 Å². The van der Waals surface area contributed by atoms with Crippen molar-refractivity contribution in [2.45, 2.75) is 6.61 Å². The Labute approximate surface area is 124 Å². The van der Waals surface area contributed by atoms with Gasteiger partial charge in [-0.15, -0.1) is 0 Å². The first kappa shape index (κ1) is 14.0. The molecule has 1 aromatic heterocycles. The molecule has 0 N–H and O–H groups in total. The van der Waals surface area contributed by atoms with Gasteiger partial charge in [0, 0.05) is 7.11 Å². The molecule has 1 aliphatic rings. The molecule has 8 heteroatoms. The molecule has 1 aromatic carbocycles. The number of benzene rings is 1. The van der Waals surface area contributed by atoms with Gasteiger partial charge in [0.25, 0.3) is 11.8 Å². The van der Waals surface area contributed by atoms with Gasteiger partial charge in [0.05, 0.1) is 17.7 Å². The van der Waals surface area contributed by atoms with Crippen molar-refractivity contribution in [2.24, 2.45) is 0 Å². The Hall–Kier alpha value is -3.00. The summed E-state index contributed by atoms with van der Waals surface area (Å²) in [6.07, 6.45) is 1.06. The van der Waals surface area contributed by atoms with Crippen LogP contribution in [0.5, 0.6) is 0 Å². The highest BCUT2D eigenvalue weighted by Crippen LogP contribution is 2.23. The van der Waals surface area contributed by atoms with Crippen LogP contribution in [0.3, 0.4) is 0 Å². The van der Waals surface area contributed by atoms with Crippen LogP contribution in [0.4, 0.5) is 0 Å². The maximum absolute atomic E-state index is 12.1. The predicted molar refractivity (Wildman–Crippen MR) is 69.6 cm³/mol. The quantitative estimate of drug-likeness (QED) is 0.782. The number of rotatable bonds is 4. The second-order valence-corrected chi connectivity index (χ2v) is 4.44. The van der Waals surface area contributed by atoms with E-state index in [-0.39, 0.29) is 29.0 Å². The molecule has 112 valence electrons. The van der Waals surface area contributed by atoms with Gasteiger partial charge in [-0.3, -0.25) is 9.59 Å². The number of carbonyl (C=O) groups excluding carboxylic acids is 3. The van der Waals surface area contributed by atoms with Gasteiger partial charge in [0.1, 0.15) is 17.5 Å². The van der Waals surface area contributed by atoms with Crippen molar-refractivity contribution in [3.8, 4) is 0 Å². The van der Waals surface area contributed by atoms with Crippen LogP contribution >= 0.6 is 0 Å². The van der Waals surface area contributed by atoms with E-state index in [4.69, 9.17) is 9.57 Å². The maximum atomic E-state index is 12.1. The van der Waals surface area contributed by atoms with Crippen molar-refractivity contribution in [3.05, 3.63) is 52.9 Å². The second-order valence-electron chi connectivity index (χ2n) is 4.44. The molecule has 3 rings (SSSR count). The van der Waals surface area contributed by atoms with E-state index in [0.717, 1.165) is 6.26 Å². The molecule has 0 saturated carbocycles. The zero-order valence-corrected chi connectivity index (χ0v) is 11.4. The lowest BCUT2D eigenvalue weighted by Gasteiger charge is -2.12. The zero-order chi connectivity index (χ0) is 15.7. The average Bonchev–Trinajstić information content (AvgIpc) is 3.07. The van der Waals surface area contributed by atoms with Gasteiger partial charge >= 0.3 is 5.97 Å². The molecule has 0 fully saturated rings. The van der Waals surface area contributed by atoms with Crippen LogP contribution in [-0.4, -0.2) is 35.1 Å². The minimum Gasteiger partial charge on any atom is -0.378 e. The van der Waals surface area contributed by atoms with E-state index in [0.29, 0.717) is 5.06 Å². The third-order valence-corrected chi connectivity index (χ3v) is 3.08. The summed E-state index contributed by atoms with van der Waals surface area (Å²) in [7, 11) is 1.42. The smallest absolute Gasteiger partial charge is 0.369 e. The molecule has 0 bridgehead atoms. The molecule has 2 heterocycles. The van der Waals surface area contributed by atoms with E-state index in [9.17, 15) is 14.4 Å². The van der Waals surface area contributed by atoms with Crippen LogP contribution < -0.4 is 0 Å². The van der Waals surface area contributed by atoms with E-state index in [1.807, 2.05) is 0 Å². The maximum Gasteiger partial charge on any atom is 0.369 e. The summed E-state index contributed by atoms with van der Waals surface area (Å²) in [5, 5.41) is 4.02. The molecule has 0 saturated heterocycles. The van der Waals surface area contributed by atoms with Gasteiger partial charge in [-0.05, 0) is 12.1 Å². The number of nitrogens with zero attached hydrogens (tertiary/aromatic N) is 2. The third-order valence-electron chi connectivity index (χ3n) is 3.08. The Bertz CT molecular complexity index is 731. The van der Waals surface area contributed by atoms with Crippen molar-refractivity contribution in [2.75, 3.05) is 7.11 Å². The second kappa shape index (κ2) is 5.41. The molecule has 2 aromatic rings. The number of hydrogen-bond acceptors (Lipinski definition) is 7. The average molecular weight is 302 g/mol. The van der Waals surface area contributed by atoms with Crippen molar-refractivity contribution in [1.82, 2.24) is 10.2 Å². The molecule has 0 aliphatic carbocycles. The van der Waals surface area contributed by atoms with E-state index in [1.54, 1.807) is 12.1 Å². The van der Waals surface area contributed by atoms with Gasteiger partial charge in [-0.1, -0.05) is 22.4 Å². The fourth-order valence-corrected chi connectivity index (χ4v) is 2.05. The van der Waals surface area contributed by atoms with E-state index >= 15 is 0 Å². The minimum absolute atomic E-state index is 0.0154. The van der Waals surface area contributed by atoms with Gasteiger partial charge in [0.2, 0.25) is 0 Å². The molecule has 22 heavy (non-hydrogen) atoms. The van der Waals surface area contributed by atoms with Crippen molar-refractivity contribution >= 4 is 17.8 Å². The van der Waals surface area contributed by atoms with Crippen LogP contribution in [-0.2, 0) is 16.2 Å². The molecular formula is C14H10N2O6. The van der Waals surface area contributed by atoms with Gasteiger partial charge < -0.3 is 14.1 Å². The first-order chi connectivity index (χ1) is 10.6. The Morgan fingerprint density at radius 3 is 2.45 bits per heavy atom. The minimum atomic E-state index is -0.928. The first-order valence-electron chi connectivity index (χ1n) is 6.25. The molecule has 0 spiro atoms. The molecule has 0 radical (unpaired) electrons. The fourth-order valence-electron chi connectivity index (χ4n) is 2.05. The molecule has 0 unspecified atom stereocenters. The van der Waals surface area contributed by atoms with Crippen LogP contribution in [0.25, 0.3) is 0 Å². The number of methoxy groups -OCH3 is 1. The van der Waals surface area contributed by atoms with Crippen LogP contribution in [0.15, 0.2) is 35.1 Å². The first-order valence-corrected chi connectivity index (χ1v) is 6.25. The number of hydroxylamine groups is 2. The topological polar surface area (TPSA) is 98.9 Å². The summed E-state index contributed by atoms with van der Waals surface area (Å²) in [5.74, 6) is -2.32. The lowest BCUT2D eigenvalue weighted by Crippen LogP contribution is -2.32. The standard InChI is InChI=1S/C14H10N2O6/c1-20-7-11-10(6-21-15-11)14(19)22-16-12(17)8-4-2-3-5-9(8)13(16)18/h2-6H,7H2,1H3. The lowest BCUT2D eigenvalue weighted by molar-refractivity contribution is -0.0586. The SMILES string of the molecule is COCc1nocc1C(=O)ON1C(=O)c2ccccc2C1=O. The molecule has 1 aliphatic heterocycles. The highest BCUT2D eigenvalue weighted by molar-refractivity contribution is 6.21. The van der Waals surface area contributed by atoms with Crippen molar-refractivity contribution in [3.63, 3.8) is 0 Å². The number of imide groups is 1. The van der Waals surface area contributed by atoms with E-state index in [2.05, 4.69) is 9.68 Å². The van der Waals surface area contributed by atoms with Gasteiger partial charge in [0.15, 0.2) is 0 Å². The zero-order valence-electron chi connectivity index (χ0n) is 11.4. The molecule has 2 amide bonds.